The third-order valence-corrected chi connectivity index (χ3v) is 2.85. The summed E-state index contributed by atoms with van der Waals surface area (Å²) in [5.41, 5.74) is 6.56. The van der Waals surface area contributed by atoms with E-state index in [9.17, 15) is 0 Å². The van der Waals surface area contributed by atoms with Gasteiger partial charge in [-0.1, -0.05) is 22.0 Å². The molecule has 0 bridgehead atoms. The summed E-state index contributed by atoms with van der Waals surface area (Å²) in [6.07, 6.45) is 0.882. The molecule has 0 radical (unpaired) electrons. The van der Waals surface area contributed by atoms with Crippen LogP contribution in [-0.4, -0.2) is 26.4 Å². The number of halogens is 1. The van der Waals surface area contributed by atoms with Gasteiger partial charge in [-0.15, -0.1) is 0 Å². The minimum absolute atomic E-state index is 0.574. The molecule has 1 aromatic carbocycles. The van der Waals surface area contributed by atoms with Crippen LogP contribution in [0, 0.1) is 0 Å². The highest BCUT2D eigenvalue weighted by molar-refractivity contribution is 9.10. The van der Waals surface area contributed by atoms with Crippen molar-refractivity contribution in [2.24, 2.45) is 5.73 Å². The third-order valence-electron chi connectivity index (χ3n) is 2.11. The zero-order valence-electron chi connectivity index (χ0n) is 9.54. The molecule has 4 heteroatoms. The van der Waals surface area contributed by atoms with Crippen LogP contribution in [0.4, 0.5) is 0 Å². The fourth-order valence-electron chi connectivity index (χ4n) is 1.35. The molecule has 0 saturated heterocycles. The van der Waals surface area contributed by atoms with Gasteiger partial charge in [-0.25, -0.2) is 0 Å². The zero-order valence-corrected chi connectivity index (χ0v) is 11.1. The van der Waals surface area contributed by atoms with Crippen LogP contribution in [0.3, 0.4) is 0 Å². The molecule has 0 unspecified atom stereocenters. The maximum Gasteiger partial charge on any atom is 0.120 e. The summed E-state index contributed by atoms with van der Waals surface area (Å²) < 4.78 is 11.8. The maximum atomic E-state index is 5.41. The smallest absolute Gasteiger partial charge is 0.120 e. The fraction of sp³-hybridized carbons (Fsp3) is 0.500. The number of ether oxygens (including phenoxy) is 2. The van der Waals surface area contributed by atoms with Gasteiger partial charge >= 0.3 is 0 Å². The summed E-state index contributed by atoms with van der Waals surface area (Å²) in [5, 5.41) is 0. The van der Waals surface area contributed by atoms with Crippen LogP contribution >= 0.6 is 15.9 Å². The quantitative estimate of drug-likeness (QED) is 0.783. The van der Waals surface area contributed by atoms with Gasteiger partial charge < -0.3 is 15.2 Å². The lowest BCUT2D eigenvalue weighted by Gasteiger charge is -2.08. The molecule has 2 N–H and O–H groups in total. The molecule has 0 amide bonds. The normalized spacial score (nSPS) is 10.4. The molecule has 0 aliphatic carbocycles. The highest BCUT2D eigenvalue weighted by Crippen LogP contribution is 2.23. The molecule has 0 aliphatic heterocycles. The van der Waals surface area contributed by atoms with Crippen LogP contribution in [0.2, 0.25) is 0 Å². The summed E-state index contributed by atoms with van der Waals surface area (Å²) in [5.74, 6) is 0.890. The van der Waals surface area contributed by atoms with Crippen molar-refractivity contribution < 1.29 is 9.47 Å². The second kappa shape index (κ2) is 7.65. The van der Waals surface area contributed by atoms with Gasteiger partial charge in [0, 0.05) is 11.0 Å². The summed E-state index contributed by atoms with van der Waals surface area (Å²) in [6, 6.07) is 6.02. The predicted octanol–water partition coefficient (Wildman–Crippen LogP) is 2.37. The number of hydrogen-bond acceptors (Lipinski definition) is 3. The highest BCUT2D eigenvalue weighted by Gasteiger charge is 2.02. The average Bonchev–Trinajstić information content (AvgIpc) is 2.27. The predicted molar refractivity (Wildman–Crippen MR) is 68.9 cm³/mol. The molecule has 1 rings (SSSR count). The topological polar surface area (TPSA) is 44.5 Å². The van der Waals surface area contributed by atoms with E-state index in [2.05, 4.69) is 22.0 Å². The van der Waals surface area contributed by atoms with Crippen molar-refractivity contribution in [3.63, 3.8) is 0 Å². The van der Waals surface area contributed by atoms with E-state index >= 15 is 0 Å². The van der Waals surface area contributed by atoms with Crippen LogP contribution in [-0.2, 0) is 11.2 Å². The Morgan fingerprint density at radius 1 is 1.31 bits per heavy atom. The van der Waals surface area contributed by atoms with E-state index in [0.29, 0.717) is 26.4 Å². The zero-order chi connectivity index (χ0) is 11.8. The van der Waals surface area contributed by atoms with Gasteiger partial charge in [-0.3, -0.25) is 0 Å². The molecular formula is C12H18BrNO2. The van der Waals surface area contributed by atoms with E-state index in [1.165, 1.54) is 5.56 Å². The first-order valence-electron chi connectivity index (χ1n) is 5.47. The minimum Gasteiger partial charge on any atom is -0.494 e. The van der Waals surface area contributed by atoms with Gasteiger partial charge in [0.15, 0.2) is 0 Å². The van der Waals surface area contributed by atoms with E-state index in [1.807, 2.05) is 19.1 Å². The van der Waals surface area contributed by atoms with Gasteiger partial charge in [0.1, 0.15) is 5.75 Å². The molecule has 0 fully saturated rings. The van der Waals surface area contributed by atoms with Crippen molar-refractivity contribution >= 4 is 15.9 Å². The van der Waals surface area contributed by atoms with Gasteiger partial charge in [0.2, 0.25) is 0 Å². The fourth-order valence-corrected chi connectivity index (χ4v) is 1.91. The molecule has 0 atom stereocenters. The Morgan fingerprint density at radius 2 is 2.12 bits per heavy atom. The number of rotatable bonds is 7. The lowest BCUT2D eigenvalue weighted by molar-refractivity contribution is 0.144. The van der Waals surface area contributed by atoms with Gasteiger partial charge in [-0.05, 0) is 31.0 Å². The Bertz CT molecular complexity index is 318. The highest BCUT2D eigenvalue weighted by atomic mass is 79.9. The van der Waals surface area contributed by atoms with Crippen LogP contribution in [0.15, 0.2) is 22.7 Å². The minimum atomic E-state index is 0.574. The molecule has 0 saturated carbocycles. The lowest BCUT2D eigenvalue weighted by Crippen LogP contribution is -2.10. The molecule has 0 aliphatic rings. The molecule has 16 heavy (non-hydrogen) atoms. The molecule has 3 nitrogen and oxygen atoms in total. The SMILES string of the molecule is CCOc1ccc(CCOCCN)c(Br)c1. The Labute approximate surface area is 105 Å². The molecule has 90 valence electrons. The Morgan fingerprint density at radius 3 is 2.75 bits per heavy atom. The van der Waals surface area contributed by atoms with Gasteiger partial charge in [0.25, 0.3) is 0 Å². The van der Waals surface area contributed by atoms with Crippen molar-refractivity contribution in [2.75, 3.05) is 26.4 Å². The van der Waals surface area contributed by atoms with E-state index in [-0.39, 0.29) is 0 Å². The van der Waals surface area contributed by atoms with Crippen LogP contribution in [0.25, 0.3) is 0 Å². The first-order chi connectivity index (χ1) is 7.77. The van der Waals surface area contributed by atoms with E-state index < -0.39 is 0 Å². The van der Waals surface area contributed by atoms with Gasteiger partial charge in [0.05, 0.1) is 19.8 Å². The van der Waals surface area contributed by atoms with Crippen molar-refractivity contribution in [1.82, 2.24) is 0 Å². The van der Waals surface area contributed by atoms with E-state index in [0.717, 1.165) is 16.6 Å². The number of benzene rings is 1. The molecule has 0 heterocycles. The first kappa shape index (κ1) is 13.5. The monoisotopic (exact) mass is 287 g/mol. The van der Waals surface area contributed by atoms with Crippen molar-refractivity contribution in [3.05, 3.63) is 28.2 Å². The molecule has 0 spiro atoms. The Hall–Kier alpha value is -0.580. The van der Waals surface area contributed by atoms with Crippen LogP contribution in [0.1, 0.15) is 12.5 Å². The number of hydrogen-bond donors (Lipinski definition) is 1. The lowest BCUT2D eigenvalue weighted by atomic mass is 10.1. The second-order valence-corrected chi connectivity index (χ2v) is 4.19. The van der Waals surface area contributed by atoms with Crippen molar-refractivity contribution in [2.45, 2.75) is 13.3 Å². The first-order valence-corrected chi connectivity index (χ1v) is 6.26. The number of nitrogens with two attached hydrogens (primary N) is 1. The summed E-state index contributed by atoms with van der Waals surface area (Å²) in [6.45, 7) is 4.55. The van der Waals surface area contributed by atoms with E-state index in [4.69, 9.17) is 15.2 Å². The molecule has 1 aromatic rings. The molecular weight excluding hydrogens is 270 g/mol. The largest absolute Gasteiger partial charge is 0.494 e. The van der Waals surface area contributed by atoms with Crippen molar-refractivity contribution in [1.29, 1.82) is 0 Å². The van der Waals surface area contributed by atoms with Crippen LogP contribution in [0.5, 0.6) is 5.75 Å². The van der Waals surface area contributed by atoms with Crippen LogP contribution < -0.4 is 10.5 Å². The standard InChI is InChI=1S/C12H18BrNO2/c1-2-16-11-4-3-10(12(13)9-11)5-7-15-8-6-14/h3-4,9H,2,5-8,14H2,1H3. The summed E-state index contributed by atoms with van der Waals surface area (Å²) in [7, 11) is 0. The summed E-state index contributed by atoms with van der Waals surface area (Å²) >= 11 is 3.53. The maximum absolute atomic E-state index is 5.41. The third kappa shape index (κ3) is 4.51. The van der Waals surface area contributed by atoms with Crippen molar-refractivity contribution in [3.8, 4) is 5.75 Å². The summed E-state index contributed by atoms with van der Waals surface area (Å²) in [4.78, 5) is 0. The molecule has 0 aromatic heterocycles. The van der Waals surface area contributed by atoms with Gasteiger partial charge in [-0.2, -0.15) is 0 Å². The Kier molecular flexibility index (Phi) is 6.45. The average molecular weight is 288 g/mol. The van der Waals surface area contributed by atoms with E-state index in [1.54, 1.807) is 0 Å². The Balaban J connectivity index is 2.47. The second-order valence-electron chi connectivity index (χ2n) is 3.34.